The molecule has 1 aromatic heterocycles. The molecule has 0 bridgehead atoms. The fourth-order valence-corrected chi connectivity index (χ4v) is 2.14. The number of halogens is 1. The highest BCUT2D eigenvalue weighted by Crippen LogP contribution is 2.16. The lowest BCUT2D eigenvalue weighted by atomic mass is 10.3. The van der Waals surface area contributed by atoms with E-state index in [4.69, 9.17) is 11.6 Å². The highest BCUT2D eigenvalue weighted by molar-refractivity contribution is 7.11. The van der Waals surface area contributed by atoms with Crippen LogP contribution in [0, 0.1) is 0 Å². The van der Waals surface area contributed by atoms with Crippen molar-refractivity contribution in [2.24, 2.45) is 0 Å². The van der Waals surface area contributed by atoms with Crippen molar-refractivity contribution in [2.75, 3.05) is 5.88 Å². The van der Waals surface area contributed by atoms with Gasteiger partial charge in [0.05, 0.1) is 6.54 Å². The van der Waals surface area contributed by atoms with E-state index in [-0.39, 0.29) is 5.91 Å². The zero-order valence-corrected chi connectivity index (χ0v) is 9.75. The summed E-state index contributed by atoms with van der Waals surface area (Å²) in [7, 11) is 0. The van der Waals surface area contributed by atoms with Gasteiger partial charge < -0.3 is 5.32 Å². The van der Waals surface area contributed by atoms with Gasteiger partial charge in [0.2, 0.25) is 5.91 Å². The Bertz CT molecular complexity index is 298. The minimum absolute atomic E-state index is 0.0199. The molecule has 14 heavy (non-hydrogen) atoms. The molecular weight excluding hydrogens is 218 g/mol. The van der Waals surface area contributed by atoms with E-state index in [0.29, 0.717) is 18.8 Å². The zero-order chi connectivity index (χ0) is 10.4. The topological polar surface area (TPSA) is 29.1 Å². The quantitative estimate of drug-likeness (QED) is 0.776. The van der Waals surface area contributed by atoms with Crippen LogP contribution in [0.5, 0.6) is 0 Å². The maximum Gasteiger partial charge on any atom is 0.221 e. The Morgan fingerprint density at radius 1 is 1.50 bits per heavy atom. The third-order valence-electron chi connectivity index (χ3n) is 1.85. The highest BCUT2D eigenvalue weighted by atomic mass is 35.5. The second-order valence-corrected chi connectivity index (χ2v) is 4.57. The first-order valence-electron chi connectivity index (χ1n) is 4.66. The number of hydrogen-bond donors (Lipinski definition) is 1. The largest absolute Gasteiger partial charge is 0.351 e. The second kappa shape index (κ2) is 6.04. The van der Waals surface area contributed by atoms with Crippen molar-refractivity contribution < 1.29 is 4.79 Å². The molecule has 1 rings (SSSR count). The standard InChI is InChI=1S/C10H14ClNOS/c1-2-8-3-4-9(14-8)7-12-10(13)5-6-11/h3-4H,2,5-7H2,1H3,(H,12,13). The number of alkyl halides is 1. The second-order valence-electron chi connectivity index (χ2n) is 2.94. The number of nitrogens with one attached hydrogen (secondary N) is 1. The number of hydrogen-bond acceptors (Lipinski definition) is 2. The Morgan fingerprint density at radius 3 is 2.79 bits per heavy atom. The molecule has 78 valence electrons. The van der Waals surface area contributed by atoms with E-state index >= 15 is 0 Å². The van der Waals surface area contributed by atoms with Crippen LogP contribution >= 0.6 is 22.9 Å². The molecule has 0 saturated heterocycles. The summed E-state index contributed by atoms with van der Waals surface area (Å²) in [6.07, 6.45) is 1.45. The molecule has 0 fully saturated rings. The number of amides is 1. The first-order chi connectivity index (χ1) is 6.76. The molecule has 0 aromatic carbocycles. The fourth-order valence-electron chi connectivity index (χ4n) is 1.07. The van der Waals surface area contributed by atoms with E-state index in [1.54, 1.807) is 11.3 Å². The lowest BCUT2D eigenvalue weighted by Gasteiger charge is -2.00. The molecule has 0 aliphatic rings. The van der Waals surface area contributed by atoms with Gasteiger partial charge >= 0.3 is 0 Å². The van der Waals surface area contributed by atoms with Crippen molar-refractivity contribution >= 4 is 28.8 Å². The first kappa shape index (κ1) is 11.5. The summed E-state index contributed by atoms with van der Waals surface area (Å²) in [6.45, 7) is 2.75. The molecule has 0 aliphatic heterocycles. The van der Waals surface area contributed by atoms with Crippen LogP contribution in [0.15, 0.2) is 12.1 Å². The molecule has 4 heteroatoms. The maximum absolute atomic E-state index is 11.1. The zero-order valence-electron chi connectivity index (χ0n) is 8.18. The Morgan fingerprint density at radius 2 is 2.21 bits per heavy atom. The molecule has 0 atom stereocenters. The van der Waals surface area contributed by atoms with Gasteiger partial charge in [0.1, 0.15) is 0 Å². The molecule has 2 nitrogen and oxygen atoms in total. The van der Waals surface area contributed by atoms with Crippen LogP contribution < -0.4 is 5.32 Å². The maximum atomic E-state index is 11.1. The lowest BCUT2D eigenvalue weighted by Crippen LogP contribution is -2.22. The third-order valence-corrected chi connectivity index (χ3v) is 3.27. The molecule has 1 heterocycles. The van der Waals surface area contributed by atoms with E-state index < -0.39 is 0 Å². The van der Waals surface area contributed by atoms with Crippen LogP contribution in [-0.2, 0) is 17.8 Å². The van der Waals surface area contributed by atoms with Gasteiger partial charge in [0.15, 0.2) is 0 Å². The Kier molecular flexibility index (Phi) is 4.98. The van der Waals surface area contributed by atoms with E-state index in [0.717, 1.165) is 6.42 Å². The van der Waals surface area contributed by atoms with Gasteiger partial charge in [-0.3, -0.25) is 4.79 Å². The fraction of sp³-hybridized carbons (Fsp3) is 0.500. The van der Waals surface area contributed by atoms with E-state index in [9.17, 15) is 4.79 Å². The summed E-state index contributed by atoms with van der Waals surface area (Å²) in [5.41, 5.74) is 0. The first-order valence-corrected chi connectivity index (χ1v) is 6.01. The molecule has 1 amide bonds. The van der Waals surface area contributed by atoms with Crippen molar-refractivity contribution in [3.63, 3.8) is 0 Å². The van der Waals surface area contributed by atoms with Gasteiger partial charge in [-0.05, 0) is 18.6 Å². The van der Waals surface area contributed by atoms with E-state index in [1.165, 1.54) is 9.75 Å². The molecule has 1 N–H and O–H groups in total. The van der Waals surface area contributed by atoms with E-state index in [1.807, 2.05) is 0 Å². The van der Waals surface area contributed by atoms with Crippen LogP contribution in [0.4, 0.5) is 0 Å². The lowest BCUT2D eigenvalue weighted by molar-refractivity contribution is -0.120. The summed E-state index contributed by atoms with van der Waals surface area (Å²) in [4.78, 5) is 13.7. The smallest absolute Gasteiger partial charge is 0.221 e. The van der Waals surface area contributed by atoms with Crippen molar-refractivity contribution in [1.29, 1.82) is 0 Å². The molecule has 0 saturated carbocycles. The van der Waals surface area contributed by atoms with Crippen LogP contribution in [0.2, 0.25) is 0 Å². The summed E-state index contributed by atoms with van der Waals surface area (Å²) in [6, 6.07) is 4.16. The minimum Gasteiger partial charge on any atom is -0.351 e. The van der Waals surface area contributed by atoms with Crippen molar-refractivity contribution in [3.05, 3.63) is 21.9 Å². The average Bonchev–Trinajstić information content (AvgIpc) is 2.63. The molecule has 1 aromatic rings. The van der Waals surface area contributed by atoms with Crippen molar-refractivity contribution in [2.45, 2.75) is 26.3 Å². The normalized spacial score (nSPS) is 10.1. The van der Waals surface area contributed by atoms with E-state index in [2.05, 4.69) is 24.4 Å². The van der Waals surface area contributed by atoms with Gasteiger partial charge in [-0.2, -0.15) is 0 Å². The van der Waals surface area contributed by atoms with Crippen molar-refractivity contribution in [3.8, 4) is 0 Å². The number of aryl methyl sites for hydroxylation is 1. The van der Waals surface area contributed by atoms with Crippen molar-refractivity contribution in [1.82, 2.24) is 5.32 Å². The van der Waals surface area contributed by atoms with Crippen LogP contribution in [0.25, 0.3) is 0 Å². The van der Waals surface area contributed by atoms with Crippen LogP contribution in [-0.4, -0.2) is 11.8 Å². The van der Waals surface area contributed by atoms with Gasteiger partial charge in [0, 0.05) is 22.1 Å². The molecule has 0 aliphatic carbocycles. The summed E-state index contributed by atoms with van der Waals surface area (Å²) < 4.78 is 0. The minimum atomic E-state index is 0.0199. The summed E-state index contributed by atoms with van der Waals surface area (Å²) in [5.74, 6) is 0.405. The number of carbonyl (C=O) groups is 1. The van der Waals surface area contributed by atoms with Crippen LogP contribution in [0.1, 0.15) is 23.1 Å². The van der Waals surface area contributed by atoms with Gasteiger partial charge in [0.25, 0.3) is 0 Å². The Balaban J connectivity index is 2.34. The third kappa shape index (κ3) is 3.68. The Labute approximate surface area is 93.3 Å². The molecule has 0 radical (unpaired) electrons. The predicted octanol–water partition coefficient (Wildman–Crippen LogP) is 2.56. The predicted molar refractivity (Wildman–Crippen MR) is 60.9 cm³/mol. The molecular formula is C10H14ClNOS. The average molecular weight is 232 g/mol. The highest BCUT2D eigenvalue weighted by Gasteiger charge is 2.01. The van der Waals surface area contributed by atoms with Gasteiger partial charge in [-0.15, -0.1) is 22.9 Å². The molecule has 0 unspecified atom stereocenters. The molecule has 0 spiro atoms. The number of rotatable bonds is 5. The van der Waals surface area contributed by atoms with Crippen LogP contribution in [0.3, 0.4) is 0 Å². The number of carbonyl (C=O) groups excluding carboxylic acids is 1. The number of thiophene rings is 1. The summed E-state index contributed by atoms with van der Waals surface area (Å²) in [5, 5.41) is 2.82. The SMILES string of the molecule is CCc1ccc(CNC(=O)CCCl)s1. The Hall–Kier alpha value is -0.540. The van der Waals surface area contributed by atoms with Gasteiger partial charge in [-0.25, -0.2) is 0 Å². The summed E-state index contributed by atoms with van der Waals surface area (Å²) >= 11 is 7.19. The monoisotopic (exact) mass is 231 g/mol. The van der Waals surface area contributed by atoms with Gasteiger partial charge in [-0.1, -0.05) is 6.92 Å².